The fraction of sp³-hybridized carbons (Fsp3) is 0.375. The molecule has 0 bridgehead atoms. The molecule has 20 heavy (non-hydrogen) atoms. The average Bonchev–Trinajstić information content (AvgIpc) is 2.52. The third kappa shape index (κ3) is 3.07. The van der Waals surface area contributed by atoms with Crippen LogP contribution >= 0.6 is 0 Å². The summed E-state index contributed by atoms with van der Waals surface area (Å²) >= 11 is 0. The highest BCUT2D eigenvalue weighted by Gasteiger charge is 2.11. The maximum atomic E-state index is 5.29. The molecule has 0 unspecified atom stereocenters. The van der Waals surface area contributed by atoms with E-state index in [1.165, 1.54) is 0 Å². The zero-order valence-corrected chi connectivity index (χ0v) is 12.3. The number of nitrogens with one attached hydrogen (secondary N) is 1. The fourth-order valence-electron chi connectivity index (χ4n) is 2.16. The summed E-state index contributed by atoms with van der Waals surface area (Å²) in [6.45, 7) is 5.18. The van der Waals surface area contributed by atoms with E-state index in [0.717, 1.165) is 47.8 Å². The number of hydrogen-bond donors (Lipinski definition) is 1. The highest BCUT2D eigenvalue weighted by atomic mass is 16.5. The highest BCUT2D eigenvalue weighted by Crippen LogP contribution is 2.28. The first-order chi connectivity index (χ1) is 9.80. The smallest absolute Gasteiger partial charge is 0.133 e. The van der Waals surface area contributed by atoms with Crippen molar-refractivity contribution in [3.05, 3.63) is 36.2 Å². The van der Waals surface area contributed by atoms with Gasteiger partial charge in [0, 0.05) is 17.7 Å². The molecule has 0 saturated heterocycles. The van der Waals surface area contributed by atoms with E-state index in [4.69, 9.17) is 4.74 Å². The minimum Gasteiger partial charge on any atom is -0.497 e. The molecule has 2 rings (SSSR count). The van der Waals surface area contributed by atoms with Crippen molar-refractivity contribution in [3.8, 4) is 17.0 Å². The van der Waals surface area contributed by atoms with Gasteiger partial charge in [0.2, 0.25) is 0 Å². The van der Waals surface area contributed by atoms with E-state index in [1.54, 1.807) is 13.4 Å². The van der Waals surface area contributed by atoms with Gasteiger partial charge in [-0.15, -0.1) is 0 Å². The molecule has 0 fully saturated rings. The summed E-state index contributed by atoms with van der Waals surface area (Å²) in [6.07, 6.45) is 3.58. The molecule has 0 radical (unpaired) electrons. The van der Waals surface area contributed by atoms with Crippen LogP contribution in [0.4, 0.5) is 5.82 Å². The standard InChI is InChI=1S/C16H21N3O/c1-4-9-17-16-14(5-2)15(18-11-19-16)12-7-6-8-13(10-12)20-3/h6-8,10-11H,4-5,9H2,1-3H3,(H,17,18,19). The number of nitrogens with zero attached hydrogens (tertiary/aromatic N) is 2. The van der Waals surface area contributed by atoms with Crippen LogP contribution in [0.1, 0.15) is 25.8 Å². The molecule has 1 aromatic heterocycles. The number of ether oxygens (including phenoxy) is 1. The summed E-state index contributed by atoms with van der Waals surface area (Å²) in [7, 11) is 1.67. The lowest BCUT2D eigenvalue weighted by molar-refractivity contribution is 0.415. The van der Waals surface area contributed by atoms with E-state index in [2.05, 4.69) is 29.1 Å². The Morgan fingerprint density at radius 2 is 2.05 bits per heavy atom. The lowest BCUT2D eigenvalue weighted by atomic mass is 10.0. The summed E-state index contributed by atoms with van der Waals surface area (Å²) in [4.78, 5) is 8.82. The van der Waals surface area contributed by atoms with Gasteiger partial charge in [-0.2, -0.15) is 0 Å². The van der Waals surface area contributed by atoms with Crippen molar-refractivity contribution in [1.29, 1.82) is 0 Å². The first-order valence-corrected chi connectivity index (χ1v) is 7.02. The Hall–Kier alpha value is -2.10. The lowest BCUT2D eigenvalue weighted by Crippen LogP contribution is -2.07. The van der Waals surface area contributed by atoms with Gasteiger partial charge in [-0.3, -0.25) is 0 Å². The van der Waals surface area contributed by atoms with Gasteiger partial charge >= 0.3 is 0 Å². The second-order valence-electron chi connectivity index (χ2n) is 4.56. The van der Waals surface area contributed by atoms with Crippen molar-refractivity contribution >= 4 is 5.82 Å². The number of rotatable bonds is 6. The van der Waals surface area contributed by atoms with Crippen LogP contribution in [0.2, 0.25) is 0 Å². The number of aromatic nitrogens is 2. The van der Waals surface area contributed by atoms with Gasteiger partial charge in [-0.1, -0.05) is 26.0 Å². The maximum Gasteiger partial charge on any atom is 0.133 e. The van der Waals surface area contributed by atoms with Crippen molar-refractivity contribution in [2.24, 2.45) is 0 Å². The Bertz CT molecular complexity index is 569. The Morgan fingerprint density at radius 3 is 2.75 bits per heavy atom. The van der Waals surface area contributed by atoms with E-state index < -0.39 is 0 Å². The third-order valence-electron chi connectivity index (χ3n) is 3.18. The number of anilines is 1. The van der Waals surface area contributed by atoms with Gasteiger partial charge in [0.05, 0.1) is 12.8 Å². The highest BCUT2D eigenvalue weighted by molar-refractivity contribution is 5.69. The Labute approximate surface area is 120 Å². The van der Waals surface area contributed by atoms with Gasteiger partial charge in [-0.25, -0.2) is 9.97 Å². The largest absolute Gasteiger partial charge is 0.497 e. The van der Waals surface area contributed by atoms with Crippen molar-refractivity contribution in [2.75, 3.05) is 19.0 Å². The van der Waals surface area contributed by atoms with Gasteiger partial charge in [0.1, 0.15) is 17.9 Å². The summed E-state index contributed by atoms with van der Waals surface area (Å²) in [5.41, 5.74) is 3.18. The molecular weight excluding hydrogens is 250 g/mol. The molecule has 4 heteroatoms. The summed E-state index contributed by atoms with van der Waals surface area (Å²) < 4.78 is 5.29. The number of hydrogen-bond acceptors (Lipinski definition) is 4. The van der Waals surface area contributed by atoms with Crippen molar-refractivity contribution in [3.63, 3.8) is 0 Å². The molecule has 0 aliphatic carbocycles. The molecular formula is C16H21N3O. The zero-order chi connectivity index (χ0) is 14.4. The normalized spacial score (nSPS) is 10.3. The monoisotopic (exact) mass is 271 g/mol. The second-order valence-corrected chi connectivity index (χ2v) is 4.56. The Balaban J connectivity index is 2.44. The van der Waals surface area contributed by atoms with Crippen molar-refractivity contribution < 1.29 is 4.74 Å². The molecule has 4 nitrogen and oxygen atoms in total. The minimum atomic E-state index is 0.839. The van der Waals surface area contributed by atoms with E-state index in [1.807, 2.05) is 24.3 Å². The molecule has 2 aromatic rings. The van der Waals surface area contributed by atoms with Crippen LogP contribution < -0.4 is 10.1 Å². The van der Waals surface area contributed by atoms with E-state index in [0.29, 0.717) is 0 Å². The predicted octanol–water partition coefficient (Wildman–Crippen LogP) is 3.54. The molecule has 1 aromatic carbocycles. The zero-order valence-electron chi connectivity index (χ0n) is 12.3. The van der Waals surface area contributed by atoms with E-state index in [-0.39, 0.29) is 0 Å². The Kier molecular flexibility index (Phi) is 4.93. The molecule has 0 saturated carbocycles. The number of methoxy groups -OCH3 is 1. The van der Waals surface area contributed by atoms with Gasteiger partial charge in [0.15, 0.2) is 0 Å². The van der Waals surface area contributed by atoms with Crippen LogP contribution in [-0.4, -0.2) is 23.6 Å². The summed E-state index contributed by atoms with van der Waals surface area (Å²) in [5, 5.41) is 3.37. The van der Waals surface area contributed by atoms with Crippen LogP contribution in [0.5, 0.6) is 5.75 Å². The molecule has 0 atom stereocenters. The van der Waals surface area contributed by atoms with E-state index >= 15 is 0 Å². The lowest BCUT2D eigenvalue weighted by Gasteiger charge is -2.13. The molecule has 1 heterocycles. The van der Waals surface area contributed by atoms with Crippen LogP contribution in [0, 0.1) is 0 Å². The maximum absolute atomic E-state index is 5.29. The average molecular weight is 271 g/mol. The molecule has 0 amide bonds. The quantitative estimate of drug-likeness (QED) is 0.873. The van der Waals surface area contributed by atoms with Crippen molar-refractivity contribution in [2.45, 2.75) is 26.7 Å². The minimum absolute atomic E-state index is 0.839. The first kappa shape index (κ1) is 14.3. The molecule has 0 spiro atoms. The van der Waals surface area contributed by atoms with Crippen molar-refractivity contribution in [1.82, 2.24) is 9.97 Å². The Morgan fingerprint density at radius 1 is 1.20 bits per heavy atom. The van der Waals surface area contributed by atoms with Gasteiger partial charge < -0.3 is 10.1 Å². The molecule has 0 aliphatic rings. The SMILES string of the molecule is CCCNc1ncnc(-c2cccc(OC)c2)c1CC. The topological polar surface area (TPSA) is 47.0 Å². The number of benzene rings is 1. The van der Waals surface area contributed by atoms with Crippen LogP contribution in [0.25, 0.3) is 11.3 Å². The first-order valence-electron chi connectivity index (χ1n) is 7.02. The second kappa shape index (κ2) is 6.89. The summed E-state index contributed by atoms with van der Waals surface area (Å²) in [6, 6.07) is 7.97. The van der Waals surface area contributed by atoms with Gasteiger partial charge in [0.25, 0.3) is 0 Å². The van der Waals surface area contributed by atoms with Crippen LogP contribution in [0.15, 0.2) is 30.6 Å². The third-order valence-corrected chi connectivity index (χ3v) is 3.18. The van der Waals surface area contributed by atoms with E-state index in [9.17, 15) is 0 Å². The van der Waals surface area contributed by atoms with Gasteiger partial charge in [-0.05, 0) is 25.0 Å². The van der Waals surface area contributed by atoms with Crippen LogP contribution in [-0.2, 0) is 6.42 Å². The summed E-state index contributed by atoms with van der Waals surface area (Å²) in [5.74, 6) is 1.77. The predicted molar refractivity (Wildman–Crippen MR) is 82.2 cm³/mol. The van der Waals surface area contributed by atoms with Crippen LogP contribution in [0.3, 0.4) is 0 Å². The molecule has 106 valence electrons. The molecule has 1 N–H and O–H groups in total. The fourth-order valence-corrected chi connectivity index (χ4v) is 2.16. The molecule has 0 aliphatic heterocycles.